The minimum atomic E-state index is -0.562. The van der Waals surface area contributed by atoms with E-state index in [1.807, 2.05) is 58.4 Å². The number of nitrogens with two attached hydrogens (primary N) is 1. The Morgan fingerprint density at radius 3 is 2.36 bits per heavy atom. The van der Waals surface area contributed by atoms with Gasteiger partial charge in [0.05, 0.1) is 48.4 Å². The van der Waals surface area contributed by atoms with Gasteiger partial charge in [0.2, 0.25) is 0 Å². The predicted octanol–water partition coefficient (Wildman–Crippen LogP) is 5.69. The summed E-state index contributed by atoms with van der Waals surface area (Å²) >= 11 is 0. The Kier molecular flexibility index (Phi) is 8.03. The van der Waals surface area contributed by atoms with E-state index in [2.05, 4.69) is 21.0 Å². The second-order valence-corrected chi connectivity index (χ2v) is 11.7. The number of ether oxygens (including phenoxy) is 1. The molecule has 5 aromatic rings. The van der Waals surface area contributed by atoms with E-state index in [4.69, 9.17) is 15.5 Å². The van der Waals surface area contributed by atoms with Crippen molar-refractivity contribution in [1.82, 2.24) is 29.5 Å². The van der Waals surface area contributed by atoms with Crippen molar-refractivity contribution in [2.75, 3.05) is 45.1 Å². The van der Waals surface area contributed by atoms with Gasteiger partial charge in [-0.15, -0.1) is 0 Å². The molecule has 2 fully saturated rings. The molecule has 0 bridgehead atoms. The maximum atomic E-state index is 15.3. The van der Waals surface area contributed by atoms with Crippen molar-refractivity contribution in [1.29, 1.82) is 0 Å². The van der Waals surface area contributed by atoms with Crippen molar-refractivity contribution in [3.8, 4) is 22.4 Å². The van der Waals surface area contributed by atoms with Gasteiger partial charge in [-0.3, -0.25) is 19.5 Å². The molecule has 0 saturated carbocycles. The van der Waals surface area contributed by atoms with Gasteiger partial charge in [-0.2, -0.15) is 5.10 Å². The highest BCUT2D eigenvalue weighted by molar-refractivity contribution is 5.92. The zero-order valence-electron chi connectivity index (χ0n) is 24.5. The second-order valence-electron chi connectivity index (χ2n) is 11.7. The van der Waals surface area contributed by atoms with E-state index in [1.54, 1.807) is 6.20 Å². The van der Waals surface area contributed by atoms with Gasteiger partial charge in [0.25, 0.3) is 0 Å². The summed E-state index contributed by atoms with van der Waals surface area (Å²) < 4.78 is 37.9. The molecule has 2 aliphatic rings. The van der Waals surface area contributed by atoms with Crippen LogP contribution in [0.1, 0.15) is 30.0 Å². The lowest BCUT2D eigenvalue weighted by molar-refractivity contribution is 0.0332. The number of halogens is 2. The molecule has 2 N–H and O–H groups in total. The Morgan fingerprint density at radius 2 is 1.59 bits per heavy atom. The van der Waals surface area contributed by atoms with E-state index in [9.17, 15) is 0 Å². The Balaban J connectivity index is 1.09. The number of anilines is 1. The van der Waals surface area contributed by atoms with Crippen LogP contribution >= 0.6 is 0 Å². The van der Waals surface area contributed by atoms with Crippen LogP contribution in [-0.2, 0) is 17.8 Å². The Bertz CT molecular complexity index is 1750. The molecule has 0 amide bonds. The number of para-hydroxylation sites is 1. The first-order valence-electron chi connectivity index (χ1n) is 15.2. The number of likely N-dealkylation sites (tertiary alicyclic amines) is 1. The van der Waals surface area contributed by atoms with Crippen LogP contribution in [0.15, 0.2) is 73.2 Å². The summed E-state index contributed by atoms with van der Waals surface area (Å²) in [6.07, 6.45) is 7.56. The van der Waals surface area contributed by atoms with E-state index in [0.717, 1.165) is 43.7 Å². The average Bonchev–Trinajstić information content (AvgIpc) is 3.54. The maximum Gasteiger partial charge on any atom is 0.131 e. The topological polar surface area (TPSA) is 85.3 Å². The normalized spacial score (nSPS) is 17.0. The first kappa shape index (κ1) is 28.5. The minimum absolute atomic E-state index is 0.0747. The highest BCUT2D eigenvalue weighted by Gasteiger charge is 2.23. The number of benzene rings is 3. The second kappa shape index (κ2) is 12.4. The minimum Gasteiger partial charge on any atom is -0.399 e. The Morgan fingerprint density at radius 1 is 0.841 bits per heavy atom. The molecule has 0 unspecified atom stereocenters. The van der Waals surface area contributed by atoms with Crippen molar-refractivity contribution < 1.29 is 13.5 Å². The molecule has 2 aliphatic heterocycles. The number of morpholine rings is 1. The fraction of sp³-hybridized carbons (Fsp3) is 0.324. The molecule has 2 aromatic heterocycles. The van der Waals surface area contributed by atoms with Crippen LogP contribution in [0.3, 0.4) is 0 Å². The molecule has 0 atom stereocenters. The molecular formula is C34H35F2N7O. The lowest BCUT2D eigenvalue weighted by Crippen LogP contribution is -2.36. The molecule has 226 valence electrons. The molecule has 44 heavy (non-hydrogen) atoms. The monoisotopic (exact) mass is 595 g/mol. The van der Waals surface area contributed by atoms with Gasteiger partial charge < -0.3 is 10.5 Å². The largest absolute Gasteiger partial charge is 0.399 e. The molecule has 0 radical (unpaired) electrons. The van der Waals surface area contributed by atoms with Crippen LogP contribution < -0.4 is 5.73 Å². The van der Waals surface area contributed by atoms with Gasteiger partial charge in [-0.05, 0) is 54.3 Å². The van der Waals surface area contributed by atoms with Crippen molar-refractivity contribution in [3.05, 3.63) is 95.9 Å². The van der Waals surface area contributed by atoms with Crippen LogP contribution in [-0.4, -0.2) is 68.9 Å². The first-order valence-corrected chi connectivity index (χ1v) is 15.2. The van der Waals surface area contributed by atoms with Crippen molar-refractivity contribution >= 4 is 16.7 Å². The van der Waals surface area contributed by atoms with Crippen LogP contribution in [0.5, 0.6) is 0 Å². The van der Waals surface area contributed by atoms with Gasteiger partial charge in [0.1, 0.15) is 11.6 Å². The van der Waals surface area contributed by atoms with Gasteiger partial charge >= 0.3 is 0 Å². The highest BCUT2D eigenvalue weighted by atomic mass is 19.1. The number of aromatic nitrogens is 4. The Hall–Kier alpha value is -4.25. The average molecular weight is 596 g/mol. The van der Waals surface area contributed by atoms with E-state index in [1.165, 1.54) is 17.7 Å². The molecular weight excluding hydrogens is 560 g/mol. The lowest BCUT2D eigenvalue weighted by atomic mass is 10.0. The van der Waals surface area contributed by atoms with Crippen molar-refractivity contribution in [2.24, 2.45) is 0 Å². The lowest BCUT2D eigenvalue weighted by Gasteiger charge is -2.32. The predicted molar refractivity (Wildman–Crippen MR) is 167 cm³/mol. The number of hydrogen-bond donors (Lipinski definition) is 1. The van der Waals surface area contributed by atoms with Crippen LogP contribution in [0.25, 0.3) is 33.4 Å². The molecule has 10 heteroatoms. The third-order valence-corrected chi connectivity index (χ3v) is 8.70. The van der Waals surface area contributed by atoms with Gasteiger partial charge in [0, 0.05) is 67.8 Å². The summed E-state index contributed by atoms with van der Waals surface area (Å²) in [7, 11) is 0. The molecule has 2 saturated heterocycles. The fourth-order valence-electron chi connectivity index (χ4n) is 6.26. The van der Waals surface area contributed by atoms with Gasteiger partial charge in [-0.25, -0.2) is 13.8 Å². The number of nitrogens with zero attached hydrogens (tertiary/aromatic N) is 6. The number of fused-ring (bicyclic) bond motifs is 1. The molecule has 3 aromatic carbocycles. The zero-order chi connectivity index (χ0) is 30.0. The van der Waals surface area contributed by atoms with Crippen LogP contribution in [0.2, 0.25) is 0 Å². The highest BCUT2D eigenvalue weighted by Crippen LogP contribution is 2.32. The summed E-state index contributed by atoms with van der Waals surface area (Å²) in [6, 6.07) is 16.7. The number of rotatable bonds is 7. The molecule has 0 aliphatic carbocycles. The Labute approximate surface area is 255 Å². The number of nitrogen functional groups attached to an aromatic ring is 1. The van der Waals surface area contributed by atoms with Crippen LogP contribution in [0, 0.1) is 11.6 Å². The van der Waals surface area contributed by atoms with Crippen molar-refractivity contribution in [2.45, 2.75) is 32.0 Å². The molecule has 7 rings (SSSR count). The third-order valence-electron chi connectivity index (χ3n) is 8.70. The quantitative estimate of drug-likeness (QED) is 0.242. The van der Waals surface area contributed by atoms with Crippen LogP contribution in [0.4, 0.5) is 14.5 Å². The summed E-state index contributed by atoms with van der Waals surface area (Å²) in [6.45, 7) is 5.51. The number of hydrogen-bond acceptors (Lipinski definition) is 7. The molecule has 4 heterocycles. The summed E-state index contributed by atoms with van der Waals surface area (Å²) in [5.41, 5.74) is 11.9. The molecule has 8 nitrogen and oxygen atoms in total. The van der Waals surface area contributed by atoms with Crippen molar-refractivity contribution in [3.63, 3.8) is 0 Å². The standard InChI is InChI=1S/C34H35F2N7O/c35-30-16-24(17-31(36)29(30)22-42-11-13-44-14-12-42)28-5-2-6-32-34(28)40-33(19-38-32)25-18-39-43(21-25)27-7-9-41(10-8-27)20-23-3-1-4-26(37)15-23/h1-6,15-19,21,27H,7-14,20,22,37H2. The third kappa shape index (κ3) is 6.06. The summed E-state index contributed by atoms with van der Waals surface area (Å²) in [5.74, 6) is -1.12. The fourth-order valence-corrected chi connectivity index (χ4v) is 6.26. The smallest absolute Gasteiger partial charge is 0.131 e. The SMILES string of the molecule is Nc1cccc(CN2CCC(n3cc(-c4cnc5cccc(-c6cc(F)c(CN7CCOCC7)c(F)c6)c5n4)cn3)CC2)c1. The van der Waals surface area contributed by atoms with Gasteiger partial charge in [0.15, 0.2) is 0 Å². The number of piperidine rings is 1. The van der Waals surface area contributed by atoms with E-state index in [-0.39, 0.29) is 12.1 Å². The van der Waals surface area contributed by atoms with Gasteiger partial charge in [-0.1, -0.05) is 24.3 Å². The zero-order valence-corrected chi connectivity index (χ0v) is 24.5. The first-order chi connectivity index (χ1) is 21.5. The van der Waals surface area contributed by atoms with E-state index in [0.29, 0.717) is 60.2 Å². The van der Waals surface area contributed by atoms with E-state index < -0.39 is 11.6 Å². The van der Waals surface area contributed by atoms with E-state index >= 15 is 8.78 Å². The molecule has 0 spiro atoms. The summed E-state index contributed by atoms with van der Waals surface area (Å²) in [5, 5.41) is 4.68. The summed E-state index contributed by atoms with van der Waals surface area (Å²) in [4.78, 5) is 14.0. The maximum absolute atomic E-state index is 15.3.